The lowest BCUT2D eigenvalue weighted by Gasteiger charge is -2.25. The molecule has 0 atom stereocenters. The van der Waals surface area contributed by atoms with Gasteiger partial charge in [0.2, 0.25) is 0 Å². The third kappa shape index (κ3) is 2.51. The van der Waals surface area contributed by atoms with E-state index in [1.807, 2.05) is 0 Å². The van der Waals surface area contributed by atoms with E-state index < -0.39 is 0 Å². The Bertz CT molecular complexity index is 459. The topological polar surface area (TPSA) is 54.5 Å². The summed E-state index contributed by atoms with van der Waals surface area (Å²) in [7, 11) is 0. The van der Waals surface area contributed by atoms with E-state index in [9.17, 15) is 0 Å². The Morgan fingerprint density at radius 2 is 1.74 bits per heavy atom. The van der Waals surface area contributed by atoms with E-state index in [1.54, 1.807) is 0 Å². The van der Waals surface area contributed by atoms with Crippen LogP contribution in [-0.4, -0.2) is 15.0 Å². The van der Waals surface area contributed by atoms with Crippen LogP contribution in [0.15, 0.2) is 0 Å². The zero-order chi connectivity index (χ0) is 13.1. The Balaban J connectivity index is 1.91. The van der Waals surface area contributed by atoms with Crippen molar-refractivity contribution in [2.45, 2.75) is 76.2 Å². The van der Waals surface area contributed by atoms with Crippen molar-refractivity contribution in [1.82, 2.24) is 15.0 Å². The number of hydrogen-bond donors (Lipinski definition) is 0. The van der Waals surface area contributed by atoms with Gasteiger partial charge in [-0.05, 0) is 25.7 Å². The average Bonchev–Trinajstić information content (AvgIpc) is 3.08. The second kappa shape index (κ2) is 5.73. The fourth-order valence-corrected chi connectivity index (χ4v) is 3.75. The van der Waals surface area contributed by atoms with Gasteiger partial charge in [0, 0.05) is 5.92 Å². The predicted octanol–water partition coefficient (Wildman–Crippen LogP) is 3.51. The molecule has 3 rings (SSSR count). The van der Waals surface area contributed by atoms with Gasteiger partial charge in [-0.25, -0.2) is 4.68 Å². The summed E-state index contributed by atoms with van der Waals surface area (Å²) in [6.45, 7) is 0. The summed E-state index contributed by atoms with van der Waals surface area (Å²) >= 11 is 0. The molecule has 0 amide bonds. The first-order valence-electron chi connectivity index (χ1n) is 7.71. The standard InChI is InChI=1S/C15H22N4/c16-11-10-14-15(12-6-4-5-7-12)19(18-17-14)13-8-2-1-3-9-13/h12-13H,1-10H2. The van der Waals surface area contributed by atoms with Crippen LogP contribution in [0.25, 0.3) is 0 Å². The molecule has 2 aliphatic rings. The van der Waals surface area contributed by atoms with Crippen molar-refractivity contribution < 1.29 is 0 Å². The molecule has 19 heavy (non-hydrogen) atoms. The monoisotopic (exact) mass is 258 g/mol. The highest BCUT2D eigenvalue weighted by Gasteiger charge is 2.28. The number of nitrogens with zero attached hydrogens (tertiary/aromatic N) is 4. The van der Waals surface area contributed by atoms with Crippen LogP contribution in [0, 0.1) is 11.3 Å². The van der Waals surface area contributed by atoms with E-state index in [4.69, 9.17) is 5.26 Å². The molecule has 0 bridgehead atoms. The largest absolute Gasteiger partial charge is 0.246 e. The zero-order valence-corrected chi connectivity index (χ0v) is 11.5. The van der Waals surface area contributed by atoms with Gasteiger partial charge in [0.1, 0.15) is 5.69 Å². The smallest absolute Gasteiger partial charge is 0.100 e. The summed E-state index contributed by atoms with van der Waals surface area (Å²) in [6.07, 6.45) is 12.0. The maximum atomic E-state index is 8.98. The fraction of sp³-hybridized carbons (Fsp3) is 0.800. The molecule has 0 saturated heterocycles. The first-order valence-corrected chi connectivity index (χ1v) is 7.71. The Labute approximate surface area is 114 Å². The lowest BCUT2D eigenvalue weighted by Crippen LogP contribution is -2.18. The van der Waals surface area contributed by atoms with Crippen molar-refractivity contribution in [1.29, 1.82) is 5.26 Å². The summed E-state index contributed by atoms with van der Waals surface area (Å²) in [6, 6.07) is 2.78. The third-order valence-corrected chi connectivity index (χ3v) is 4.71. The van der Waals surface area contributed by atoms with Crippen molar-refractivity contribution in [3.05, 3.63) is 11.4 Å². The molecule has 0 radical (unpaired) electrons. The van der Waals surface area contributed by atoms with Gasteiger partial charge in [-0.3, -0.25) is 0 Å². The first-order chi connectivity index (χ1) is 9.40. The lowest BCUT2D eigenvalue weighted by molar-refractivity contribution is 0.312. The van der Waals surface area contributed by atoms with E-state index in [1.165, 1.54) is 63.5 Å². The Hall–Kier alpha value is -1.37. The summed E-state index contributed by atoms with van der Waals surface area (Å²) in [5.74, 6) is 0.597. The van der Waals surface area contributed by atoms with Crippen LogP contribution in [0.2, 0.25) is 0 Å². The normalized spacial score (nSPS) is 21.6. The van der Waals surface area contributed by atoms with Gasteiger partial charge in [-0.1, -0.05) is 37.3 Å². The van der Waals surface area contributed by atoms with Crippen LogP contribution >= 0.6 is 0 Å². The zero-order valence-electron chi connectivity index (χ0n) is 11.5. The van der Waals surface area contributed by atoms with E-state index in [-0.39, 0.29) is 0 Å². The lowest BCUT2D eigenvalue weighted by atomic mass is 9.93. The molecule has 2 fully saturated rings. The molecule has 4 nitrogen and oxygen atoms in total. The Kier molecular flexibility index (Phi) is 3.82. The molecule has 0 aromatic carbocycles. The number of aromatic nitrogens is 3. The van der Waals surface area contributed by atoms with Crippen LogP contribution in [0.4, 0.5) is 0 Å². The number of hydrogen-bond acceptors (Lipinski definition) is 3. The Morgan fingerprint density at radius 3 is 2.42 bits per heavy atom. The number of rotatable bonds is 3. The molecule has 1 aromatic rings. The summed E-state index contributed by atoms with van der Waals surface area (Å²) in [4.78, 5) is 0. The molecule has 0 unspecified atom stereocenters. The fourth-order valence-electron chi connectivity index (χ4n) is 3.75. The van der Waals surface area contributed by atoms with Gasteiger partial charge in [0.15, 0.2) is 0 Å². The second-order valence-corrected chi connectivity index (χ2v) is 5.97. The minimum Gasteiger partial charge on any atom is -0.246 e. The molecular formula is C15H22N4. The highest BCUT2D eigenvalue weighted by molar-refractivity contribution is 5.20. The molecular weight excluding hydrogens is 236 g/mol. The summed E-state index contributed by atoms with van der Waals surface area (Å²) in [5.41, 5.74) is 2.24. The van der Waals surface area contributed by atoms with Gasteiger partial charge in [0.25, 0.3) is 0 Å². The highest BCUT2D eigenvalue weighted by atomic mass is 15.4. The number of nitriles is 1. The minimum absolute atomic E-state index is 0.415. The predicted molar refractivity (Wildman–Crippen MR) is 72.7 cm³/mol. The van der Waals surface area contributed by atoms with Crippen LogP contribution in [0.1, 0.15) is 81.1 Å². The quantitative estimate of drug-likeness (QED) is 0.833. The molecule has 2 saturated carbocycles. The average molecular weight is 258 g/mol. The van der Waals surface area contributed by atoms with Gasteiger partial charge in [-0.2, -0.15) is 5.26 Å². The van der Waals surface area contributed by atoms with Gasteiger partial charge >= 0.3 is 0 Å². The molecule has 1 heterocycles. The summed E-state index contributed by atoms with van der Waals surface area (Å²) in [5, 5.41) is 17.7. The first kappa shape index (κ1) is 12.7. The van der Waals surface area contributed by atoms with Crippen molar-refractivity contribution >= 4 is 0 Å². The van der Waals surface area contributed by atoms with Crippen LogP contribution < -0.4 is 0 Å². The SMILES string of the molecule is N#CCc1nnn(C2CCCCC2)c1C1CCCC1. The molecule has 0 spiro atoms. The molecule has 1 aromatic heterocycles. The Morgan fingerprint density at radius 1 is 1.05 bits per heavy atom. The summed E-state index contributed by atoms with van der Waals surface area (Å²) < 4.78 is 2.20. The van der Waals surface area contributed by atoms with Crippen molar-refractivity contribution in [2.75, 3.05) is 0 Å². The van der Waals surface area contributed by atoms with Gasteiger partial charge < -0.3 is 0 Å². The minimum atomic E-state index is 0.415. The molecule has 0 N–H and O–H groups in total. The maximum absolute atomic E-state index is 8.98. The van der Waals surface area contributed by atoms with Gasteiger partial charge in [-0.15, -0.1) is 5.10 Å². The van der Waals surface area contributed by atoms with Crippen molar-refractivity contribution in [2.24, 2.45) is 0 Å². The molecule has 2 aliphatic carbocycles. The maximum Gasteiger partial charge on any atom is 0.100 e. The van der Waals surface area contributed by atoms with Crippen molar-refractivity contribution in [3.63, 3.8) is 0 Å². The van der Waals surface area contributed by atoms with E-state index in [0.29, 0.717) is 18.4 Å². The van der Waals surface area contributed by atoms with E-state index in [2.05, 4.69) is 21.1 Å². The molecule has 102 valence electrons. The molecule has 0 aliphatic heterocycles. The van der Waals surface area contributed by atoms with Crippen LogP contribution in [0.5, 0.6) is 0 Å². The second-order valence-electron chi connectivity index (χ2n) is 5.97. The highest BCUT2D eigenvalue weighted by Crippen LogP contribution is 2.38. The van der Waals surface area contributed by atoms with E-state index >= 15 is 0 Å². The molecule has 4 heteroatoms. The van der Waals surface area contributed by atoms with Crippen molar-refractivity contribution in [3.8, 4) is 6.07 Å². The van der Waals surface area contributed by atoms with Gasteiger partial charge in [0.05, 0.1) is 24.2 Å². The van der Waals surface area contributed by atoms with E-state index in [0.717, 1.165) is 5.69 Å². The van der Waals surface area contributed by atoms with Crippen LogP contribution in [0.3, 0.4) is 0 Å². The third-order valence-electron chi connectivity index (χ3n) is 4.71. The van der Waals surface area contributed by atoms with Crippen LogP contribution in [-0.2, 0) is 6.42 Å².